The molecule has 0 amide bonds. The average Bonchev–Trinajstić information content (AvgIpc) is 3.25. The minimum absolute atomic E-state index is 0. The van der Waals surface area contributed by atoms with Gasteiger partial charge in [-0.25, -0.2) is 0 Å². The summed E-state index contributed by atoms with van der Waals surface area (Å²) in [5.41, 5.74) is 0. The topological polar surface area (TPSA) is 354 Å². The van der Waals surface area contributed by atoms with Gasteiger partial charge in [-0.15, -0.1) is 0 Å². The summed E-state index contributed by atoms with van der Waals surface area (Å²) < 4.78 is 71.0. The predicted octanol–water partition coefficient (Wildman–Crippen LogP) is -17.2. The number of hydrogen-bond donors (Lipinski definition) is 12. The summed E-state index contributed by atoms with van der Waals surface area (Å²) in [6.45, 7) is -1.07. The predicted molar refractivity (Wildman–Crippen MR) is 241 cm³/mol. The van der Waals surface area contributed by atoms with E-state index in [0.717, 1.165) is 0 Å². The molecule has 0 bridgehead atoms. The summed E-state index contributed by atoms with van der Waals surface area (Å²) in [6, 6.07) is 0. The lowest BCUT2D eigenvalue weighted by Crippen LogP contribution is -3.00. The molecule has 0 aromatic carbocycles. The van der Waals surface area contributed by atoms with E-state index in [0.29, 0.717) is 26.5 Å². The number of methoxy groups -OCH3 is 2. The van der Waals surface area contributed by atoms with E-state index in [1.165, 1.54) is 14.2 Å². The maximum Gasteiger partial charge on any atom is 0.187 e. The van der Waals surface area contributed by atoms with Crippen molar-refractivity contribution in [3.05, 3.63) is 0 Å². The monoisotopic (exact) mass is 1150 g/mol. The SMILES string of the molecule is CO[C@@H]1O[C@@H](CO[C@H]2O[C@@H](COCC(O)C[N+](C)(C)C)[C@H](O)C(O)C2O)[C@@H](O[C@@H]2OC(COCC(O)C[N+](C)(C)C)[C@@H](O[C@@H]3O[C@@H](COCC(O)C[N+](C)(C)C)[C@@H](OC)C(O)C3O)[C@@H](O)C2O)C(O)C1O.[Cl-].[Cl-].[Cl-]. The van der Waals surface area contributed by atoms with E-state index >= 15 is 0 Å². The Labute approximate surface area is 452 Å². The molecule has 4 aliphatic rings. The molecule has 0 aromatic rings. The molecule has 12 N–H and O–H groups in total. The Bertz CT molecular complexity index is 1550. The quantitative estimate of drug-likeness (QED) is 0.0340. The van der Waals surface area contributed by atoms with E-state index in [1.807, 2.05) is 63.4 Å². The average molecular weight is 1150 g/mol. The zero-order valence-corrected chi connectivity index (χ0v) is 46.4. The Hall–Kier alpha value is -0.210. The molecule has 27 nitrogen and oxygen atoms in total. The molecule has 23 atom stereocenters. The van der Waals surface area contributed by atoms with Crippen molar-refractivity contribution < 1.29 is 169 Å². The van der Waals surface area contributed by atoms with Gasteiger partial charge in [0.15, 0.2) is 25.2 Å². The van der Waals surface area contributed by atoms with Crippen LogP contribution in [0.15, 0.2) is 0 Å². The number of halogens is 3. The Kier molecular flexibility index (Phi) is 30.8. The van der Waals surface area contributed by atoms with Gasteiger partial charge in [0.25, 0.3) is 0 Å². The molecule has 74 heavy (non-hydrogen) atoms. The lowest BCUT2D eigenvalue weighted by atomic mass is 9.96. The standard InChI is InChI=1S/C44H88N3O24.3ClH/c1-45(2,3)12-22(48)15-62-18-25-29(51)30(52)34(56)42(66-25)65-21-28-40(32(54)35(57)41(61-11)67-28)71-44-37(59)33(55)39(27(69-44)20-64-17-24(50)14-47(7,8)9)70-43-36(58)31(53)38(60-10)26(68-43)19-63-16-23(49)13-46(4,5)6;;;/h22-44,48-59H,12-21H2,1-11H3;3*1H/q+3;;;/p-3/t22?,23?,24?,25-,26-,27?,28-,29-,30?,31?,32?,33-,34?,35?,36?,37?,38+,39+,40+,41+,42-,43-,44-;;;/m0.../s1. The van der Waals surface area contributed by atoms with Crippen molar-refractivity contribution in [2.45, 2.75) is 141 Å². The molecule has 4 heterocycles. The van der Waals surface area contributed by atoms with Gasteiger partial charge in [0.05, 0.1) is 110 Å². The Balaban J connectivity index is 0.00000913. The molecule has 30 heteroatoms. The normalized spacial score (nSPS) is 38.5. The van der Waals surface area contributed by atoms with Gasteiger partial charge >= 0.3 is 0 Å². The number of likely N-dealkylation sites (N-methyl/N-ethyl adjacent to an activating group) is 3. The summed E-state index contributed by atoms with van der Waals surface area (Å²) >= 11 is 0. The fraction of sp³-hybridized carbons (Fsp3) is 1.00. The molecule has 0 spiro atoms. The first-order valence-corrected chi connectivity index (χ1v) is 23.9. The highest BCUT2D eigenvalue weighted by molar-refractivity contribution is 4.97. The third-order valence-corrected chi connectivity index (χ3v) is 12.2. The van der Waals surface area contributed by atoms with Crippen LogP contribution in [0, 0.1) is 0 Å². The van der Waals surface area contributed by atoms with Crippen LogP contribution in [0.2, 0.25) is 0 Å². The maximum atomic E-state index is 11.8. The fourth-order valence-corrected chi connectivity index (χ4v) is 8.87. The Morgan fingerprint density at radius 2 is 0.676 bits per heavy atom. The second kappa shape index (κ2) is 31.7. The van der Waals surface area contributed by atoms with Gasteiger partial charge < -0.3 is 169 Å². The van der Waals surface area contributed by atoms with Crippen molar-refractivity contribution in [3.63, 3.8) is 0 Å². The van der Waals surface area contributed by atoms with E-state index in [-0.39, 0.29) is 76.8 Å². The number of nitrogens with zero attached hydrogens (tertiary/aromatic N) is 3. The van der Waals surface area contributed by atoms with Gasteiger partial charge in [-0.1, -0.05) is 0 Å². The zero-order valence-electron chi connectivity index (χ0n) is 44.1. The van der Waals surface area contributed by atoms with Crippen LogP contribution in [0.5, 0.6) is 0 Å². The lowest BCUT2D eigenvalue weighted by Gasteiger charge is -2.48. The third kappa shape index (κ3) is 21.4. The summed E-state index contributed by atoms with van der Waals surface area (Å²) in [5, 5.41) is 132. The van der Waals surface area contributed by atoms with Crippen LogP contribution < -0.4 is 37.2 Å². The molecule has 11 unspecified atom stereocenters. The molecule has 0 radical (unpaired) electrons. The number of hydrogen-bond acceptors (Lipinski definition) is 24. The van der Waals surface area contributed by atoms with Crippen LogP contribution in [0.4, 0.5) is 0 Å². The molecule has 444 valence electrons. The van der Waals surface area contributed by atoms with Crippen LogP contribution in [-0.4, -0.2) is 359 Å². The lowest BCUT2D eigenvalue weighted by molar-refractivity contribution is -0.873. The summed E-state index contributed by atoms with van der Waals surface area (Å²) in [7, 11) is 19.4. The minimum Gasteiger partial charge on any atom is -1.00 e. The van der Waals surface area contributed by atoms with Crippen molar-refractivity contribution in [1.82, 2.24) is 0 Å². The van der Waals surface area contributed by atoms with Crippen LogP contribution in [-0.2, 0) is 56.8 Å². The number of aliphatic hydroxyl groups excluding tert-OH is 12. The first-order chi connectivity index (χ1) is 32.9. The minimum atomic E-state index is -2.02. The van der Waals surface area contributed by atoms with E-state index in [4.69, 9.17) is 56.8 Å². The molecule has 4 fully saturated rings. The highest BCUT2D eigenvalue weighted by Gasteiger charge is 2.55. The highest BCUT2D eigenvalue weighted by Crippen LogP contribution is 2.34. The zero-order chi connectivity index (χ0) is 53.3. The molecule has 0 aromatic heterocycles. The molecule has 0 saturated carbocycles. The van der Waals surface area contributed by atoms with Crippen molar-refractivity contribution in [3.8, 4) is 0 Å². The Morgan fingerprint density at radius 1 is 0.365 bits per heavy atom. The summed E-state index contributed by atoms with van der Waals surface area (Å²) in [4.78, 5) is 0. The maximum absolute atomic E-state index is 11.8. The summed E-state index contributed by atoms with van der Waals surface area (Å²) in [5.74, 6) is 0. The van der Waals surface area contributed by atoms with E-state index < -0.39 is 154 Å². The fourth-order valence-electron chi connectivity index (χ4n) is 8.87. The van der Waals surface area contributed by atoms with Crippen molar-refractivity contribution >= 4 is 0 Å². The van der Waals surface area contributed by atoms with Crippen LogP contribution in [0.3, 0.4) is 0 Å². The number of aliphatic hydroxyl groups is 12. The van der Waals surface area contributed by atoms with Gasteiger partial charge in [0, 0.05) is 14.2 Å². The number of ether oxygens (including phenoxy) is 12. The van der Waals surface area contributed by atoms with Crippen molar-refractivity contribution in [2.75, 3.05) is 144 Å². The second-order valence-electron chi connectivity index (χ2n) is 22.1. The smallest absolute Gasteiger partial charge is 0.187 e. The van der Waals surface area contributed by atoms with Crippen LogP contribution in [0.25, 0.3) is 0 Å². The number of quaternary nitrogens is 3. The van der Waals surface area contributed by atoms with Gasteiger partial charge in [0.1, 0.15) is 136 Å². The van der Waals surface area contributed by atoms with Crippen molar-refractivity contribution in [1.29, 1.82) is 0 Å². The molecular weight excluding hydrogens is 1060 g/mol. The molecule has 0 aliphatic carbocycles. The largest absolute Gasteiger partial charge is 1.00 e. The second-order valence-corrected chi connectivity index (χ2v) is 22.1. The first kappa shape index (κ1) is 71.8. The van der Waals surface area contributed by atoms with E-state index in [1.54, 1.807) is 0 Å². The van der Waals surface area contributed by atoms with Crippen molar-refractivity contribution in [2.24, 2.45) is 0 Å². The molecule has 4 aliphatic heterocycles. The van der Waals surface area contributed by atoms with E-state index in [9.17, 15) is 61.3 Å². The molecule has 4 rings (SSSR count). The van der Waals surface area contributed by atoms with Gasteiger partial charge in [-0.3, -0.25) is 0 Å². The van der Waals surface area contributed by atoms with Crippen LogP contribution in [0.1, 0.15) is 0 Å². The third-order valence-electron chi connectivity index (χ3n) is 12.2. The van der Waals surface area contributed by atoms with Gasteiger partial charge in [0.2, 0.25) is 0 Å². The molecular formula is C44H88Cl3N3O24. The number of rotatable bonds is 27. The first-order valence-electron chi connectivity index (χ1n) is 23.9. The van der Waals surface area contributed by atoms with E-state index in [2.05, 4.69) is 0 Å². The van der Waals surface area contributed by atoms with Gasteiger partial charge in [-0.2, -0.15) is 0 Å². The summed E-state index contributed by atoms with van der Waals surface area (Å²) in [6.07, 6.45) is -35.2. The Morgan fingerprint density at radius 3 is 1.05 bits per heavy atom. The molecule has 4 saturated heterocycles. The van der Waals surface area contributed by atoms with Crippen LogP contribution >= 0.6 is 0 Å². The van der Waals surface area contributed by atoms with Gasteiger partial charge in [-0.05, 0) is 0 Å². The highest BCUT2D eigenvalue weighted by atomic mass is 35.5.